The Labute approximate surface area is 57.9 Å². The topological polar surface area (TPSA) is 73.8 Å². The second kappa shape index (κ2) is 3.07. The molecule has 1 rings (SSSR count). The first-order chi connectivity index (χ1) is 4.83. The molecule has 0 radical (unpaired) electrons. The van der Waals surface area contributed by atoms with Crippen LogP contribution in [0.2, 0.25) is 0 Å². The van der Waals surface area contributed by atoms with E-state index in [9.17, 15) is 4.79 Å². The van der Waals surface area contributed by atoms with E-state index >= 15 is 0 Å². The minimum atomic E-state index is -0.485. The first-order valence-electron chi connectivity index (χ1n) is 2.86. The molecule has 0 saturated carbocycles. The van der Waals surface area contributed by atoms with Crippen LogP contribution < -0.4 is 5.73 Å². The van der Waals surface area contributed by atoms with E-state index in [1.807, 2.05) is 0 Å². The number of carbonyl (C=O) groups excluding carboxylic acids is 1. The molecule has 5 heteroatoms. The third-order valence-electron chi connectivity index (χ3n) is 1.04. The molecule has 1 unspecified atom stereocenters. The largest absolute Gasteiger partial charge is 0.320 e. The van der Waals surface area contributed by atoms with Gasteiger partial charge in [0.15, 0.2) is 0 Å². The molecule has 10 heavy (non-hydrogen) atoms. The zero-order chi connectivity index (χ0) is 7.40. The molecule has 0 aliphatic rings. The molecule has 0 aliphatic carbocycles. The van der Waals surface area contributed by atoms with Crippen LogP contribution >= 0.6 is 0 Å². The van der Waals surface area contributed by atoms with Gasteiger partial charge in [-0.2, -0.15) is 5.10 Å². The van der Waals surface area contributed by atoms with Crippen molar-refractivity contribution in [2.24, 2.45) is 5.73 Å². The molecule has 0 spiro atoms. The van der Waals surface area contributed by atoms with Crippen LogP contribution in [-0.4, -0.2) is 27.1 Å². The highest BCUT2D eigenvalue weighted by Crippen LogP contribution is 1.81. The van der Waals surface area contributed by atoms with Crippen molar-refractivity contribution in [1.29, 1.82) is 0 Å². The van der Waals surface area contributed by atoms with E-state index in [1.54, 1.807) is 0 Å². The van der Waals surface area contributed by atoms with E-state index in [0.717, 1.165) is 0 Å². The Morgan fingerprint density at radius 2 is 2.60 bits per heavy atom. The van der Waals surface area contributed by atoms with Crippen molar-refractivity contribution in [3.05, 3.63) is 12.7 Å². The van der Waals surface area contributed by atoms with Gasteiger partial charge in [-0.25, -0.2) is 4.98 Å². The van der Waals surface area contributed by atoms with Gasteiger partial charge in [-0.1, -0.05) is 0 Å². The van der Waals surface area contributed by atoms with Gasteiger partial charge in [0.25, 0.3) is 0 Å². The third kappa shape index (κ3) is 1.63. The maximum absolute atomic E-state index is 10.0. The number of aldehydes is 1. The first-order valence-corrected chi connectivity index (χ1v) is 2.86. The van der Waals surface area contributed by atoms with Crippen molar-refractivity contribution in [2.45, 2.75) is 12.6 Å². The summed E-state index contributed by atoms with van der Waals surface area (Å²) < 4.78 is 1.51. The fourth-order valence-corrected chi connectivity index (χ4v) is 0.586. The van der Waals surface area contributed by atoms with E-state index in [4.69, 9.17) is 5.73 Å². The molecule has 1 atom stereocenters. The number of carbonyl (C=O) groups is 1. The smallest absolute Gasteiger partial charge is 0.138 e. The second-order valence-electron chi connectivity index (χ2n) is 1.92. The van der Waals surface area contributed by atoms with Crippen molar-refractivity contribution in [3.63, 3.8) is 0 Å². The van der Waals surface area contributed by atoms with Gasteiger partial charge >= 0.3 is 0 Å². The number of nitrogens with two attached hydrogens (primary N) is 1. The lowest BCUT2D eigenvalue weighted by atomic mass is 10.4. The summed E-state index contributed by atoms with van der Waals surface area (Å²) >= 11 is 0. The fourth-order valence-electron chi connectivity index (χ4n) is 0.586. The van der Waals surface area contributed by atoms with Crippen molar-refractivity contribution < 1.29 is 4.79 Å². The highest BCUT2D eigenvalue weighted by atomic mass is 16.1. The van der Waals surface area contributed by atoms with Gasteiger partial charge in [0.1, 0.15) is 18.9 Å². The molecule has 0 saturated heterocycles. The maximum atomic E-state index is 10.0. The first kappa shape index (κ1) is 6.88. The van der Waals surface area contributed by atoms with Crippen molar-refractivity contribution in [1.82, 2.24) is 14.8 Å². The Balaban J connectivity index is 2.47. The van der Waals surface area contributed by atoms with E-state index in [2.05, 4.69) is 10.1 Å². The minimum Gasteiger partial charge on any atom is -0.320 e. The SMILES string of the molecule is NC(C=O)Cn1cncn1. The lowest BCUT2D eigenvalue weighted by molar-refractivity contribution is -0.109. The predicted molar refractivity (Wildman–Crippen MR) is 34.1 cm³/mol. The Morgan fingerprint density at radius 1 is 1.80 bits per heavy atom. The summed E-state index contributed by atoms with van der Waals surface area (Å²) in [6.45, 7) is 0.392. The average Bonchev–Trinajstić information content (AvgIpc) is 2.40. The van der Waals surface area contributed by atoms with Crippen LogP contribution in [0.15, 0.2) is 12.7 Å². The molecule has 1 heterocycles. The van der Waals surface area contributed by atoms with Crippen LogP contribution in [0, 0.1) is 0 Å². The quantitative estimate of drug-likeness (QED) is 0.535. The van der Waals surface area contributed by atoms with Gasteiger partial charge in [0.2, 0.25) is 0 Å². The number of rotatable bonds is 3. The molecule has 1 aromatic heterocycles. The second-order valence-corrected chi connectivity index (χ2v) is 1.92. The highest BCUT2D eigenvalue weighted by molar-refractivity contribution is 5.56. The Hall–Kier alpha value is -1.23. The summed E-state index contributed by atoms with van der Waals surface area (Å²) in [5.41, 5.74) is 5.31. The third-order valence-corrected chi connectivity index (χ3v) is 1.04. The van der Waals surface area contributed by atoms with E-state index in [0.29, 0.717) is 12.8 Å². The Morgan fingerprint density at radius 3 is 3.10 bits per heavy atom. The molecular formula is C5H8N4O. The van der Waals surface area contributed by atoms with Gasteiger partial charge < -0.3 is 10.5 Å². The summed E-state index contributed by atoms with van der Waals surface area (Å²) in [6, 6.07) is -0.485. The van der Waals surface area contributed by atoms with Crippen molar-refractivity contribution in [2.75, 3.05) is 0 Å². The van der Waals surface area contributed by atoms with Gasteiger partial charge in [0.05, 0.1) is 12.6 Å². The van der Waals surface area contributed by atoms with E-state index in [-0.39, 0.29) is 0 Å². The number of hydrogen-bond acceptors (Lipinski definition) is 4. The fraction of sp³-hybridized carbons (Fsp3) is 0.400. The van der Waals surface area contributed by atoms with Crippen molar-refractivity contribution in [3.8, 4) is 0 Å². The van der Waals surface area contributed by atoms with Crippen LogP contribution in [0.1, 0.15) is 0 Å². The van der Waals surface area contributed by atoms with Crippen molar-refractivity contribution >= 4 is 6.29 Å². The van der Waals surface area contributed by atoms with Crippen LogP contribution in [0.3, 0.4) is 0 Å². The van der Waals surface area contributed by atoms with Gasteiger partial charge in [-0.05, 0) is 0 Å². The van der Waals surface area contributed by atoms with Gasteiger partial charge in [0, 0.05) is 0 Å². The Bertz CT molecular complexity index is 195. The summed E-state index contributed by atoms with van der Waals surface area (Å²) in [5, 5.41) is 3.77. The Kier molecular flexibility index (Phi) is 2.11. The molecule has 0 amide bonds. The molecule has 0 aromatic carbocycles. The molecule has 2 N–H and O–H groups in total. The van der Waals surface area contributed by atoms with Crippen LogP contribution in [0.25, 0.3) is 0 Å². The average molecular weight is 140 g/mol. The maximum Gasteiger partial charge on any atom is 0.138 e. The summed E-state index contributed by atoms with van der Waals surface area (Å²) in [7, 11) is 0. The molecule has 0 fully saturated rings. The zero-order valence-electron chi connectivity index (χ0n) is 5.34. The predicted octanol–water partition coefficient (Wildman–Crippen LogP) is -1.20. The van der Waals surface area contributed by atoms with Crippen LogP contribution in [0.5, 0.6) is 0 Å². The van der Waals surface area contributed by atoms with E-state index in [1.165, 1.54) is 17.3 Å². The molecule has 1 aromatic rings. The monoisotopic (exact) mass is 140 g/mol. The zero-order valence-corrected chi connectivity index (χ0v) is 5.34. The number of aromatic nitrogens is 3. The standard InChI is InChI=1S/C5H8N4O/c6-5(2-10)1-9-4-7-3-8-9/h2-5H,1,6H2. The molecule has 5 nitrogen and oxygen atoms in total. The normalized spacial score (nSPS) is 12.9. The highest BCUT2D eigenvalue weighted by Gasteiger charge is 1.99. The number of nitrogens with zero attached hydrogens (tertiary/aromatic N) is 3. The van der Waals surface area contributed by atoms with Gasteiger partial charge in [-0.15, -0.1) is 0 Å². The molecule has 0 aliphatic heterocycles. The summed E-state index contributed by atoms with van der Waals surface area (Å²) in [6.07, 6.45) is 3.60. The molecular weight excluding hydrogens is 132 g/mol. The number of hydrogen-bond donors (Lipinski definition) is 1. The van der Waals surface area contributed by atoms with Crippen LogP contribution in [-0.2, 0) is 11.3 Å². The molecule has 54 valence electrons. The lowest BCUT2D eigenvalue weighted by Gasteiger charge is -2.00. The molecule has 0 bridgehead atoms. The minimum absolute atomic E-state index is 0.392. The van der Waals surface area contributed by atoms with E-state index < -0.39 is 6.04 Å². The van der Waals surface area contributed by atoms with Crippen LogP contribution in [0.4, 0.5) is 0 Å². The summed E-state index contributed by atoms with van der Waals surface area (Å²) in [5.74, 6) is 0. The lowest BCUT2D eigenvalue weighted by Crippen LogP contribution is -2.27. The summed E-state index contributed by atoms with van der Waals surface area (Å²) in [4.78, 5) is 13.7. The van der Waals surface area contributed by atoms with Gasteiger partial charge in [-0.3, -0.25) is 4.68 Å².